The summed E-state index contributed by atoms with van der Waals surface area (Å²) in [7, 11) is 6.73. The van der Waals surface area contributed by atoms with Gasteiger partial charge in [-0.2, -0.15) is 0 Å². The molecule has 0 fully saturated rings. The molecule has 2 aromatic carbocycles. The second kappa shape index (κ2) is 10.3. The van der Waals surface area contributed by atoms with Gasteiger partial charge in [0, 0.05) is 25.7 Å². The van der Waals surface area contributed by atoms with Gasteiger partial charge < -0.3 is 24.8 Å². The molecule has 146 valence electrons. The molecular weight excluding hydrogens is 342 g/mol. The molecule has 2 rings (SSSR count). The average Bonchev–Trinajstić information content (AvgIpc) is 2.71. The van der Waals surface area contributed by atoms with E-state index in [-0.39, 0.29) is 0 Å². The number of benzene rings is 2. The third kappa shape index (κ3) is 5.54. The molecule has 6 heteroatoms. The predicted molar refractivity (Wildman–Crippen MR) is 109 cm³/mol. The Morgan fingerprint density at radius 3 is 2.41 bits per heavy atom. The first kappa shape index (κ1) is 20.4. The van der Waals surface area contributed by atoms with E-state index < -0.39 is 0 Å². The van der Waals surface area contributed by atoms with Gasteiger partial charge >= 0.3 is 0 Å². The van der Waals surface area contributed by atoms with Gasteiger partial charge in [-0.25, -0.2) is 0 Å². The summed E-state index contributed by atoms with van der Waals surface area (Å²) < 4.78 is 16.2. The van der Waals surface area contributed by atoms with Gasteiger partial charge in [0.05, 0.1) is 21.3 Å². The number of nitrogens with one attached hydrogen (secondary N) is 2. The molecule has 0 amide bonds. The third-order valence-corrected chi connectivity index (χ3v) is 4.33. The van der Waals surface area contributed by atoms with Crippen LogP contribution in [0.2, 0.25) is 0 Å². The highest BCUT2D eigenvalue weighted by Crippen LogP contribution is 2.30. The molecule has 0 aromatic heterocycles. The van der Waals surface area contributed by atoms with Crippen LogP contribution in [-0.4, -0.2) is 40.9 Å². The van der Waals surface area contributed by atoms with Crippen molar-refractivity contribution in [3.05, 3.63) is 53.1 Å². The van der Waals surface area contributed by atoms with Crippen molar-refractivity contribution in [1.29, 1.82) is 0 Å². The number of aliphatic imine (C=N–C) groups is 1. The number of aryl methyl sites for hydroxylation is 1. The summed E-state index contributed by atoms with van der Waals surface area (Å²) in [5, 5.41) is 6.64. The van der Waals surface area contributed by atoms with Gasteiger partial charge in [0.1, 0.15) is 5.75 Å². The first-order valence-electron chi connectivity index (χ1n) is 8.90. The van der Waals surface area contributed by atoms with Crippen molar-refractivity contribution in [2.75, 3.05) is 34.9 Å². The molecule has 0 radical (unpaired) electrons. The molecule has 2 N–H and O–H groups in total. The number of guanidine groups is 1. The number of methoxy groups -OCH3 is 3. The van der Waals surface area contributed by atoms with Crippen molar-refractivity contribution in [1.82, 2.24) is 10.6 Å². The van der Waals surface area contributed by atoms with E-state index in [0.29, 0.717) is 12.3 Å². The zero-order valence-corrected chi connectivity index (χ0v) is 16.8. The maximum absolute atomic E-state index is 5.47. The maximum atomic E-state index is 5.47. The first-order valence-corrected chi connectivity index (χ1v) is 8.90. The SMILES string of the molecule is CN=C(NCCc1ccc(C)c(OC)c1)NCc1cccc(OC)c1OC. The molecule has 0 atom stereocenters. The molecule has 0 aliphatic rings. The summed E-state index contributed by atoms with van der Waals surface area (Å²) in [5.41, 5.74) is 3.36. The van der Waals surface area contributed by atoms with Gasteiger partial charge in [-0.1, -0.05) is 24.3 Å². The summed E-state index contributed by atoms with van der Waals surface area (Å²) in [6, 6.07) is 12.1. The average molecular weight is 371 g/mol. The summed E-state index contributed by atoms with van der Waals surface area (Å²) in [4.78, 5) is 4.28. The molecule has 0 saturated heterocycles. The zero-order valence-electron chi connectivity index (χ0n) is 16.8. The smallest absolute Gasteiger partial charge is 0.191 e. The fraction of sp³-hybridized carbons (Fsp3) is 0.381. The van der Waals surface area contributed by atoms with Crippen LogP contribution in [0.1, 0.15) is 16.7 Å². The van der Waals surface area contributed by atoms with Gasteiger partial charge in [-0.3, -0.25) is 4.99 Å². The van der Waals surface area contributed by atoms with Crippen LogP contribution in [0.3, 0.4) is 0 Å². The van der Waals surface area contributed by atoms with Gasteiger partial charge in [0.15, 0.2) is 17.5 Å². The Morgan fingerprint density at radius 2 is 1.74 bits per heavy atom. The van der Waals surface area contributed by atoms with Crippen LogP contribution >= 0.6 is 0 Å². The minimum absolute atomic E-state index is 0.582. The van der Waals surface area contributed by atoms with Gasteiger partial charge in [0.25, 0.3) is 0 Å². The van der Waals surface area contributed by atoms with E-state index in [4.69, 9.17) is 14.2 Å². The lowest BCUT2D eigenvalue weighted by molar-refractivity contribution is 0.351. The Kier molecular flexibility index (Phi) is 7.79. The highest BCUT2D eigenvalue weighted by Gasteiger charge is 2.10. The lowest BCUT2D eigenvalue weighted by Crippen LogP contribution is -2.37. The van der Waals surface area contributed by atoms with Crippen LogP contribution in [0.4, 0.5) is 0 Å². The Morgan fingerprint density at radius 1 is 0.963 bits per heavy atom. The molecule has 0 unspecified atom stereocenters. The highest BCUT2D eigenvalue weighted by molar-refractivity contribution is 5.79. The van der Waals surface area contributed by atoms with E-state index in [1.165, 1.54) is 5.56 Å². The lowest BCUT2D eigenvalue weighted by Gasteiger charge is -2.15. The van der Waals surface area contributed by atoms with E-state index in [2.05, 4.69) is 33.8 Å². The van der Waals surface area contributed by atoms with Gasteiger partial charge in [-0.05, 0) is 36.6 Å². The van der Waals surface area contributed by atoms with Crippen molar-refractivity contribution in [3.8, 4) is 17.2 Å². The number of hydrogen-bond donors (Lipinski definition) is 2. The minimum atomic E-state index is 0.582. The summed E-state index contributed by atoms with van der Waals surface area (Å²) in [5.74, 6) is 3.10. The predicted octanol–water partition coefficient (Wildman–Crippen LogP) is 2.93. The molecular formula is C21H29N3O3. The van der Waals surface area contributed by atoms with Crippen molar-refractivity contribution < 1.29 is 14.2 Å². The van der Waals surface area contributed by atoms with Crippen molar-refractivity contribution in [2.24, 2.45) is 4.99 Å². The fourth-order valence-electron chi connectivity index (χ4n) is 2.84. The second-order valence-corrected chi connectivity index (χ2v) is 6.06. The molecule has 27 heavy (non-hydrogen) atoms. The molecule has 0 aliphatic carbocycles. The molecule has 0 bridgehead atoms. The first-order chi connectivity index (χ1) is 13.1. The fourth-order valence-corrected chi connectivity index (χ4v) is 2.84. The minimum Gasteiger partial charge on any atom is -0.496 e. The third-order valence-electron chi connectivity index (χ3n) is 4.33. The normalized spacial score (nSPS) is 11.1. The number of nitrogens with zero attached hydrogens (tertiary/aromatic N) is 1. The second-order valence-electron chi connectivity index (χ2n) is 6.06. The number of ether oxygens (including phenoxy) is 3. The standard InChI is InChI=1S/C21H29N3O3/c1-15-9-10-16(13-19(15)26-4)11-12-23-21(22-2)24-14-17-7-6-8-18(25-3)20(17)27-5/h6-10,13H,11-12,14H2,1-5H3,(H2,22,23,24). The van der Waals surface area contributed by atoms with Crippen molar-refractivity contribution in [3.63, 3.8) is 0 Å². The monoisotopic (exact) mass is 371 g/mol. The molecule has 0 saturated carbocycles. The molecule has 0 spiro atoms. The van der Waals surface area contributed by atoms with Gasteiger partial charge in [-0.15, -0.1) is 0 Å². The lowest BCUT2D eigenvalue weighted by atomic mass is 10.1. The Labute approximate surface area is 161 Å². The molecule has 0 aliphatic heterocycles. The van der Waals surface area contributed by atoms with Crippen LogP contribution in [0.5, 0.6) is 17.2 Å². The van der Waals surface area contributed by atoms with E-state index in [1.807, 2.05) is 25.1 Å². The largest absolute Gasteiger partial charge is 0.496 e. The van der Waals surface area contributed by atoms with Crippen molar-refractivity contribution in [2.45, 2.75) is 19.9 Å². The van der Waals surface area contributed by atoms with Crippen LogP contribution in [0, 0.1) is 6.92 Å². The van der Waals surface area contributed by atoms with E-state index >= 15 is 0 Å². The van der Waals surface area contributed by atoms with Crippen LogP contribution < -0.4 is 24.8 Å². The van der Waals surface area contributed by atoms with E-state index in [1.54, 1.807) is 28.4 Å². The molecule has 0 heterocycles. The van der Waals surface area contributed by atoms with E-state index in [9.17, 15) is 0 Å². The summed E-state index contributed by atoms with van der Waals surface area (Å²) >= 11 is 0. The Bertz CT molecular complexity index is 775. The molecule has 2 aromatic rings. The summed E-state index contributed by atoms with van der Waals surface area (Å²) in [6.07, 6.45) is 0.875. The molecule has 6 nitrogen and oxygen atoms in total. The number of para-hydroxylation sites is 1. The highest BCUT2D eigenvalue weighted by atomic mass is 16.5. The number of hydrogen-bond acceptors (Lipinski definition) is 4. The topological polar surface area (TPSA) is 64.1 Å². The van der Waals surface area contributed by atoms with Gasteiger partial charge in [0.2, 0.25) is 0 Å². The quantitative estimate of drug-likeness (QED) is 0.552. The van der Waals surface area contributed by atoms with Crippen LogP contribution in [0.15, 0.2) is 41.4 Å². The van der Waals surface area contributed by atoms with Crippen LogP contribution in [-0.2, 0) is 13.0 Å². The summed E-state index contributed by atoms with van der Waals surface area (Å²) in [6.45, 7) is 3.39. The maximum Gasteiger partial charge on any atom is 0.191 e. The van der Waals surface area contributed by atoms with Crippen LogP contribution in [0.25, 0.3) is 0 Å². The van der Waals surface area contributed by atoms with Crippen molar-refractivity contribution >= 4 is 5.96 Å². The Hall–Kier alpha value is -2.89. The number of rotatable bonds is 8. The Balaban J connectivity index is 1.90. The zero-order chi connectivity index (χ0) is 19.6. The van der Waals surface area contributed by atoms with E-state index in [0.717, 1.165) is 41.6 Å².